The third kappa shape index (κ3) is 7.01. The fourth-order valence-corrected chi connectivity index (χ4v) is 3.22. The fraction of sp³-hybridized carbons (Fsp3) is 0.500. The average molecular weight is 415 g/mol. The molecule has 2 rings (SSSR count). The summed E-state index contributed by atoms with van der Waals surface area (Å²) < 4.78 is 0. The van der Waals surface area contributed by atoms with Crippen molar-refractivity contribution in [3.63, 3.8) is 0 Å². The fourth-order valence-electron chi connectivity index (χ4n) is 2.72. The highest BCUT2D eigenvalue weighted by Crippen LogP contribution is 2.20. The zero-order valence-corrected chi connectivity index (χ0v) is 16.8. The van der Waals surface area contributed by atoms with Crippen LogP contribution in [0.25, 0.3) is 0 Å². The van der Waals surface area contributed by atoms with Gasteiger partial charge in [-0.25, -0.2) is 0 Å². The molecule has 148 valence electrons. The summed E-state index contributed by atoms with van der Waals surface area (Å²) in [5, 5.41) is 5.60. The van der Waals surface area contributed by atoms with Crippen LogP contribution in [-0.2, 0) is 9.59 Å². The Hall–Kier alpha value is -1.83. The van der Waals surface area contributed by atoms with Gasteiger partial charge in [0.25, 0.3) is 5.91 Å². The molecule has 0 atom stereocenters. The normalized spacial score (nSPS) is 14.0. The Kier molecular flexibility index (Phi) is 8.34. The van der Waals surface area contributed by atoms with Crippen molar-refractivity contribution >= 4 is 40.9 Å². The molecular weight excluding hydrogens is 391 g/mol. The van der Waals surface area contributed by atoms with Gasteiger partial charge in [0, 0.05) is 25.2 Å². The van der Waals surface area contributed by atoms with E-state index in [9.17, 15) is 14.4 Å². The van der Waals surface area contributed by atoms with Crippen LogP contribution in [0.15, 0.2) is 18.2 Å². The quantitative estimate of drug-likeness (QED) is 0.673. The zero-order chi connectivity index (χ0) is 19.8. The van der Waals surface area contributed by atoms with Gasteiger partial charge in [-0.05, 0) is 44.1 Å². The lowest BCUT2D eigenvalue weighted by Crippen LogP contribution is -2.44. The number of likely N-dealkylation sites (tertiary alicyclic amines) is 1. The predicted molar refractivity (Wildman–Crippen MR) is 105 cm³/mol. The lowest BCUT2D eigenvalue weighted by molar-refractivity contribution is -0.131. The molecule has 1 fully saturated rings. The van der Waals surface area contributed by atoms with Crippen molar-refractivity contribution in [1.29, 1.82) is 0 Å². The Balaban J connectivity index is 1.67. The van der Waals surface area contributed by atoms with Gasteiger partial charge in [0.15, 0.2) is 0 Å². The van der Waals surface area contributed by atoms with E-state index in [0.717, 1.165) is 19.6 Å². The van der Waals surface area contributed by atoms with Crippen molar-refractivity contribution in [3.05, 3.63) is 33.8 Å². The van der Waals surface area contributed by atoms with Gasteiger partial charge in [0.05, 0.1) is 23.7 Å². The standard InChI is InChI=1S/C18H24Cl2N4O3/c1-23(8-9-24-6-2-3-7-24)17(26)12-21-16(25)11-22-18(27)14-5-4-13(19)10-15(14)20/h4-5,10H,2-3,6-9,11-12H2,1H3,(H,21,25)(H,22,27). The first kappa shape index (κ1) is 21.5. The SMILES string of the molecule is CN(CCN1CCCC1)C(=O)CNC(=O)CNC(=O)c1ccc(Cl)cc1Cl. The Morgan fingerprint density at radius 1 is 1.11 bits per heavy atom. The van der Waals surface area contributed by atoms with E-state index in [4.69, 9.17) is 23.2 Å². The zero-order valence-electron chi connectivity index (χ0n) is 15.3. The van der Waals surface area contributed by atoms with Gasteiger partial charge < -0.3 is 20.4 Å². The maximum atomic E-state index is 12.1. The largest absolute Gasteiger partial charge is 0.345 e. The number of nitrogens with one attached hydrogen (secondary N) is 2. The van der Waals surface area contributed by atoms with Crippen molar-refractivity contribution < 1.29 is 14.4 Å². The number of rotatable bonds is 8. The van der Waals surface area contributed by atoms with Gasteiger partial charge in [-0.2, -0.15) is 0 Å². The Bertz CT molecular complexity index is 693. The van der Waals surface area contributed by atoms with E-state index in [-0.39, 0.29) is 29.6 Å². The predicted octanol–water partition coefficient (Wildman–Crippen LogP) is 1.39. The summed E-state index contributed by atoms with van der Waals surface area (Å²) in [5.41, 5.74) is 0.228. The van der Waals surface area contributed by atoms with E-state index < -0.39 is 11.8 Å². The van der Waals surface area contributed by atoms with Gasteiger partial charge in [-0.3, -0.25) is 14.4 Å². The molecule has 0 unspecified atom stereocenters. The molecule has 0 bridgehead atoms. The molecule has 0 aromatic heterocycles. The number of hydrogen-bond acceptors (Lipinski definition) is 4. The third-order valence-electron chi connectivity index (χ3n) is 4.40. The van der Waals surface area contributed by atoms with Crippen LogP contribution < -0.4 is 10.6 Å². The first-order valence-electron chi connectivity index (χ1n) is 8.83. The maximum Gasteiger partial charge on any atom is 0.253 e. The van der Waals surface area contributed by atoms with E-state index in [1.807, 2.05) is 0 Å². The first-order chi connectivity index (χ1) is 12.9. The second-order valence-corrected chi connectivity index (χ2v) is 7.29. The first-order valence-corrected chi connectivity index (χ1v) is 9.58. The molecule has 0 aliphatic carbocycles. The van der Waals surface area contributed by atoms with Crippen molar-refractivity contribution in [2.45, 2.75) is 12.8 Å². The molecule has 9 heteroatoms. The molecule has 27 heavy (non-hydrogen) atoms. The van der Waals surface area contributed by atoms with Crippen LogP contribution in [-0.4, -0.2) is 73.8 Å². The molecule has 3 amide bonds. The topological polar surface area (TPSA) is 81.8 Å². The summed E-state index contributed by atoms with van der Waals surface area (Å²) in [6.45, 7) is 3.27. The van der Waals surface area contributed by atoms with Crippen LogP contribution in [0.4, 0.5) is 0 Å². The van der Waals surface area contributed by atoms with Gasteiger partial charge in [-0.15, -0.1) is 0 Å². The molecule has 1 aromatic rings. The van der Waals surface area contributed by atoms with E-state index in [0.29, 0.717) is 11.6 Å². The smallest absolute Gasteiger partial charge is 0.253 e. The van der Waals surface area contributed by atoms with Crippen LogP contribution >= 0.6 is 23.2 Å². The molecule has 1 heterocycles. The number of amides is 3. The van der Waals surface area contributed by atoms with E-state index in [2.05, 4.69) is 15.5 Å². The van der Waals surface area contributed by atoms with Gasteiger partial charge in [-0.1, -0.05) is 23.2 Å². The average Bonchev–Trinajstić information content (AvgIpc) is 3.15. The highest BCUT2D eigenvalue weighted by molar-refractivity contribution is 6.36. The van der Waals surface area contributed by atoms with Crippen molar-refractivity contribution in [2.75, 3.05) is 46.3 Å². The monoisotopic (exact) mass is 414 g/mol. The molecule has 0 spiro atoms. The number of halogens is 2. The second-order valence-electron chi connectivity index (χ2n) is 6.45. The second kappa shape index (κ2) is 10.5. The number of carbonyl (C=O) groups is 3. The molecule has 1 aromatic carbocycles. The van der Waals surface area contributed by atoms with Gasteiger partial charge >= 0.3 is 0 Å². The van der Waals surface area contributed by atoms with E-state index in [1.54, 1.807) is 18.0 Å². The number of hydrogen-bond donors (Lipinski definition) is 2. The lowest BCUT2D eigenvalue weighted by atomic mass is 10.2. The van der Waals surface area contributed by atoms with Crippen LogP contribution in [0, 0.1) is 0 Å². The summed E-state index contributed by atoms with van der Waals surface area (Å²) in [7, 11) is 1.72. The summed E-state index contributed by atoms with van der Waals surface area (Å²) >= 11 is 11.7. The third-order valence-corrected chi connectivity index (χ3v) is 4.95. The number of likely N-dealkylation sites (N-methyl/N-ethyl adjacent to an activating group) is 1. The van der Waals surface area contributed by atoms with Crippen molar-refractivity contribution in [1.82, 2.24) is 20.4 Å². The van der Waals surface area contributed by atoms with Gasteiger partial charge in [0.2, 0.25) is 11.8 Å². The highest BCUT2D eigenvalue weighted by Gasteiger charge is 2.16. The minimum atomic E-state index is -0.485. The molecule has 1 aliphatic heterocycles. The van der Waals surface area contributed by atoms with E-state index >= 15 is 0 Å². The van der Waals surface area contributed by atoms with Crippen molar-refractivity contribution in [3.8, 4) is 0 Å². The van der Waals surface area contributed by atoms with Crippen LogP contribution in [0.5, 0.6) is 0 Å². The Morgan fingerprint density at radius 3 is 2.48 bits per heavy atom. The summed E-state index contributed by atoms with van der Waals surface area (Å²) in [6, 6.07) is 4.48. The van der Waals surface area contributed by atoms with Crippen LogP contribution in [0.3, 0.4) is 0 Å². The molecule has 0 saturated carbocycles. The number of nitrogens with zero attached hydrogens (tertiary/aromatic N) is 2. The molecule has 2 N–H and O–H groups in total. The minimum Gasteiger partial charge on any atom is -0.345 e. The van der Waals surface area contributed by atoms with Crippen LogP contribution in [0.2, 0.25) is 10.0 Å². The molecule has 7 nitrogen and oxygen atoms in total. The Labute approximate surface area is 169 Å². The lowest BCUT2D eigenvalue weighted by Gasteiger charge is -2.21. The summed E-state index contributed by atoms with van der Waals surface area (Å²) in [4.78, 5) is 39.9. The minimum absolute atomic E-state index is 0.104. The van der Waals surface area contributed by atoms with Crippen molar-refractivity contribution in [2.24, 2.45) is 0 Å². The number of carbonyl (C=O) groups excluding carboxylic acids is 3. The number of benzene rings is 1. The summed E-state index contributed by atoms with van der Waals surface area (Å²) in [6.07, 6.45) is 2.42. The van der Waals surface area contributed by atoms with Crippen LogP contribution in [0.1, 0.15) is 23.2 Å². The molecule has 1 saturated heterocycles. The molecular formula is C18H24Cl2N4O3. The Morgan fingerprint density at radius 2 is 1.81 bits per heavy atom. The maximum absolute atomic E-state index is 12.1. The summed E-state index contributed by atoms with van der Waals surface area (Å²) in [5.74, 6) is -1.11. The molecule has 0 radical (unpaired) electrons. The van der Waals surface area contributed by atoms with E-state index in [1.165, 1.54) is 25.0 Å². The molecule has 1 aliphatic rings. The highest BCUT2D eigenvalue weighted by atomic mass is 35.5. The van der Waals surface area contributed by atoms with Gasteiger partial charge in [0.1, 0.15) is 0 Å².